The first kappa shape index (κ1) is 12.9. The zero-order chi connectivity index (χ0) is 13.6. The van der Waals surface area contributed by atoms with E-state index in [-0.39, 0.29) is 0 Å². The highest BCUT2D eigenvalue weighted by Crippen LogP contribution is 2.04. The number of nitrogens with one attached hydrogen (secondary N) is 1. The normalized spacial score (nSPS) is 11.0. The fourth-order valence-corrected chi connectivity index (χ4v) is 2.35. The Morgan fingerprint density at radius 1 is 1.00 bits per heavy atom. The number of hydrogen-bond acceptors (Lipinski definition) is 2. The first-order valence-electron chi connectivity index (χ1n) is 7.09. The van der Waals surface area contributed by atoms with Gasteiger partial charge < -0.3 is 9.72 Å². The molecule has 3 nitrogen and oxygen atoms in total. The van der Waals surface area contributed by atoms with Crippen LogP contribution in [0.2, 0.25) is 0 Å². The van der Waals surface area contributed by atoms with Crippen molar-refractivity contribution in [3.8, 4) is 0 Å². The number of aryl methyl sites for hydroxylation is 1. The second-order valence-corrected chi connectivity index (χ2v) is 4.96. The fraction of sp³-hybridized carbons (Fsp3) is 0.235. The van der Waals surface area contributed by atoms with Gasteiger partial charge >= 0.3 is 0 Å². The number of fused-ring (bicyclic) bond motifs is 1. The van der Waals surface area contributed by atoms with Crippen LogP contribution in [-0.4, -0.2) is 15.9 Å². The van der Waals surface area contributed by atoms with E-state index in [2.05, 4.69) is 51.2 Å². The summed E-state index contributed by atoms with van der Waals surface area (Å²) < 4.78 is 2.06. The standard InChI is InChI=1S/C17H19N3/c1-2-7-15(8-3-1)9-6-11-18-13-16-14-20-12-5-4-10-17(20)19-16/h1-5,7-8,10,12,14,18H,6,9,11,13H2. The number of benzene rings is 1. The largest absolute Gasteiger partial charge is 0.311 e. The van der Waals surface area contributed by atoms with Gasteiger partial charge in [-0.05, 0) is 37.1 Å². The monoisotopic (exact) mass is 265 g/mol. The summed E-state index contributed by atoms with van der Waals surface area (Å²) in [6.45, 7) is 1.85. The number of rotatable bonds is 6. The maximum atomic E-state index is 4.57. The smallest absolute Gasteiger partial charge is 0.137 e. The Bertz CT molecular complexity index is 625. The van der Waals surface area contributed by atoms with Crippen molar-refractivity contribution in [1.82, 2.24) is 14.7 Å². The Hall–Kier alpha value is -2.13. The van der Waals surface area contributed by atoms with Crippen LogP contribution >= 0.6 is 0 Å². The molecule has 3 aromatic rings. The van der Waals surface area contributed by atoms with Gasteiger partial charge in [0.2, 0.25) is 0 Å². The van der Waals surface area contributed by atoms with Gasteiger partial charge in [-0.2, -0.15) is 0 Å². The minimum Gasteiger partial charge on any atom is -0.311 e. The highest BCUT2D eigenvalue weighted by molar-refractivity contribution is 5.39. The summed E-state index contributed by atoms with van der Waals surface area (Å²) >= 11 is 0. The average molecular weight is 265 g/mol. The van der Waals surface area contributed by atoms with Gasteiger partial charge in [0.1, 0.15) is 5.65 Å². The quantitative estimate of drug-likeness (QED) is 0.694. The maximum Gasteiger partial charge on any atom is 0.137 e. The van der Waals surface area contributed by atoms with Crippen molar-refractivity contribution in [3.05, 3.63) is 72.2 Å². The molecule has 0 aliphatic heterocycles. The maximum absolute atomic E-state index is 4.57. The molecular weight excluding hydrogens is 246 g/mol. The third-order valence-electron chi connectivity index (χ3n) is 3.38. The molecule has 0 saturated carbocycles. The predicted molar refractivity (Wildman–Crippen MR) is 81.7 cm³/mol. The number of imidazole rings is 1. The summed E-state index contributed by atoms with van der Waals surface area (Å²) in [4.78, 5) is 4.57. The Kier molecular flexibility index (Phi) is 4.09. The van der Waals surface area contributed by atoms with Crippen molar-refractivity contribution >= 4 is 5.65 Å². The van der Waals surface area contributed by atoms with E-state index >= 15 is 0 Å². The van der Waals surface area contributed by atoms with E-state index in [4.69, 9.17) is 0 Å². The van der Waals surface area contributed by atoms with Gasteiger partial charge in [0.25, 0.3) is 0 Å². The highest BCUT2D eigenvalue weighted by Gasteiger charge is 1.99. The van der Waals surface area contributed by atoms with E-state index in [1.54, 1.807) is 0 Å². The molecule has 0 bridgehead atoms. The van der Waals surface area contributed by atoms with Crippen molar-refractivity contribution in [2.45, 2.75) is 19.4 Å². The molecule has 1 aromatic carbocycles. The lowest BCUT2D eigenvalue weighted by Gasteiger charge is -2.03. The first-order valence-corrected chi connectivity index (χ1v) is 7.09. The van der Waals surface area contributed by atoms with Gasteiger partial charge in [-0.3, -0.25) is 0 Å². The predicted octanol–water partition coefficient (Wildman–Crippen LogP) is 3.06. The van der Waals surface area contributed by atoms with Gasteiger partial charge in [-0.15, -0.1) is 0 Å². The van der Waals surface area contributed by atoms with Crippen LogP contribution in [0.1, 0.15) is 17.7 Å². The second-order valence-electron chi connectivity index (χ2n) is 4.96. The minimum absolute atomic E-state index is 0.830. The van der Waals surface area contributed by atoms with Crippen LogP contribution in [0.15, 0.2) is 60.9 Å². The molecule has 0 aliphatic rings. The number of aromatic nitrogens is 2. The molecule has 20 heavy (non-hydrogen) atoms. The van der Waals surface area contributed by atoms with Gasteiger partial charge in [0, 0.05) is 18.9 Å². The Morgan fingerprint density at radius 3 is 2.70 bits per heavy atom. The third kappa shape index (κ3) is 3.25. The lowest BCUT2D eigenvalue weighted by Crippen LogP contribution is -2.15. The molecule has 3 heteroatoms. The van der Waals surface area contributed by atoms with Crippen molar-refractivity contribution in [2.24, 2.45) is 0 Å². The number of pyridine rings is 1. The van der Waals surface area contributed by atoms with Gasteiger partial charge in [0.05, 0.1) is 5.69 Å². The molecule has 0 radical (unpaired) electrons. The Morgan fingerprint density at radius 2 is 1.85 bits per heavy atom. The van der Waals surface area contributed by atoms with E-state index in [0.29, 0.717) is 0 Å². The summed E-state index contributed by atoms with van der Waals surface area (Å²) in [5.41, 5.74) is 3.51. The van der Waals surface area contributed by atoms with Crippen LogP contribution in [0.25, 0.3) is 5.65 Å². The molecule has 0 amide bonds. The second kappa shape index (κ2) is 6.35. The molecule has 3 rings (SSSR count). The first-order chi connectivity index (χ1) is 9.92. The van der Waals surface area contributed by atoms with E-state index in [1.807, 2.05) is 24.4 Å². The summed E-state index contributed by atoms with van der Waals surface area (Å²) in [5, 5.41) is 3.46. The van der Waals surface area contributed by atoms with Crippen molar-refractivity contribution < 1.29 is 0 Å². The molecule has 0 spiro atoms. The van der Waals surface area contributed by atoms with Crippen LogP contribution < -0.4 is 5.32 Å². The van der Waals surface area contributed by atoms with Crippen molar-refractivity contribution in [2.75, 3.05) is 6.54 Å². The topological polar surface area (TPSA) is 29.3 Å². The fourth-order valence-electron chi connectivity index (χ4n) is 2.35. The molecule has 0 atom stereocenters. The van der Waals surface area contributed by atoms with E-state index in [0.717, 1.165) is 37.3 Å². The molecule has 0 aliphatic carbocycles. The molecule has 0 saturated heterocycles. The van der Waals surface area contributed by atoms with E-state index in [9.17, 15) is 0 Å². The van der Waals surface area contributed by atoms with Crippen LogP contribution in [0, 0.1) is 0 Å². The number of nitrogens with zero attached hydrogens (tertiary/aromatic N) is 2. The zero-order valence-corrected chi connectivity index (χ0v) is 11.5. The van der Waals surface area contributed by atoms with Crippen molar-refractivity contribution in [1.29, 1.82) is 0 Å². The van der Waals surface area contributed by atoms with Gasteiger partial charge in [-0.1, -0.05) is 36.4 Å². The average Bonchev–Trinajstić information content (AvgIpc) is 2.90. The third-order valence-corrected chi connectivity index (χ3v) is 3.38. The van der Waals surface area contributed by atoms with E-state index in [1.165, 1.54) is 5.56 Å². The Labute approximate surface area is 119 Å². The van der Waals surface area contributed by atoms with Crippen molar-refractivity contribution in [3.63, 3.8) is 0 Å². The lowest BCUT2D eigenvalue weighted by molar-refractivity contribution is 0.642. The zero-order valence-electron chi connectivity index (χ0n) is 11.5. The minimum atomic E-state index is 0.830. The molecular formula is C17H19N3. The molecule has 2 aromatic heterocycles. The Balaban J connectivity index is 1.43. The molecule has 1 N–H and O–H groups in total. The molecule has 2 heterocycles. The lowest BCUT2D eigenvalue weighted by atomic mass is 10.1. The van der Waals surface area contributed by atoms with Crippen LogP contribution in [0.4, 0.5) is 0 Å². The molecule has 102 valence electrons. The highest BCUT2D eigenvalue weighted by atomic mass is 15.0. The van der Waals surface area contributed by atoms with E-state index < -0.39 is 0 Å². The summed E-state index contributed by atoms with van der Waals surface area (Å²) in [5.74, 6) is 0. The van der Waals surface area contributed by atoms with Crippen LogP contribution in [0.5, 0.6) is 0 Å². The number of hydrogen-bond donors (Lipinski definition) is 1. The molecule has 0 unspecified atom stereocenters. The summed E-state index contributed by atoms with van der Waals surface area (Å²) in [7, 11) is 0. The van der Waals surface area contributed by atoms with Gasteiger partial charge in [-0.25, -0.2) is 4.98 Å². The van der Waals surface area contributed by atoms with Crippen LogP contribution in [0.3, 0.4) is 0 Å². The summed E-state index contributed by atoms with van der Waals surface area (Å²) in [6, 6.07) is 16.7. The van der Waals surface area contributed by atoms with Gasteiger partial charge in [0.15, 0.2) is 0 Å². The molecule has 0 fully saturated rings. The SMILES string of the molecule is c1ccc(CCCNCc2cn3ccccc3n2)cc1. The summed E-state index contributed by atoms with van der Waals surface area (Å²) in [6.07, 6.45) is 6.39. The van der Waals surface area contributed by atoms with Crippen LogP contribution in [-0.2, 0) is 13.0 Å².